The van der Waals surface area contributed by atoms with Crippen LogP contribution in [0.25, 0.3) is 0 Å². The molecule has 2 aromatic carbocycles. The molecule has 1 amide bonds. The Morgan fingerprint density at radius 3 is 2.37 bits per heavy atom. The molecule has 10 heteroatoms. The highest BCUT2D eigenvalue weighted by atomic mass is 19.4. The standard InChI is InChI=1S/C27H30FN5O.C4H8.C2H3F3/c1-2-23(32-21-7-5-6-19(14-21)16-29)27(34)33-25-15-20(11-12-22(25)28)26(31-17-18-9-10-18)24-8-3-4-13-30-24;1-3-4-2;1-2(3,4)5/h2-8,11-15,18,26,31-32H,9-10,16-17,29H2,1H3,(H,33,34);3H,1,4H2,2H3;1H3/b23-2-;;. The number of nitrogens with one attached hydrogen (secondary N) is 3. The van der Waals surface area contributed by atoms with Crippen LogP contribution in [-0.2, 0) is 11.3 Å². The Bertz CT molecular complexity index is 1320. The lowest BCUT2D eigenvalue weighted by Crippen LogP contribution is -2.26. The summed E-state index contributed by atoms with van der Waals surface area (Å²) in [4.78, 5) is 17.5. The van der Waals surface area contributed by atoms with E-state index in [1.807, 2.05) is 48.5 Å². The SMILES string of the molecule is C/C=C(\Nc1cccc(CN)c1)C(=O)Nc1cc(C(NCC2CC2)c2ccccn2)ccc1F.C=CCC.CC(F)(F)F. The highest BCUT2D eigenvalue weighted by Gasteiger charge is 2.24. The summed E-state index contributed by atoms with van der Waals surface area (Å²) in [5.41, 5.74) is 9.50. The molecular formula is C33H41F4N5O. The lowest BCUT2D eigenvalue weighted by Gasteiger charge is -2.20. The van der Waals surface area contributed by atoms with Crippen molar-refractivity contribution in [1.82, 2.24) is 10.3 Å². The minimum absolute atomic E-state index is 0.119. The van der Waals surface area contributed by atoms with Crippen molar-refractivity contribution < 1.29 is 22.4 Å². The van der Waals surface area contributed by atoms with Gasteiger partial charge in [-0.25, -0.2) is 4.39 Å². The second-order valence-corrected chi connectivity index (χ2v) is 9.94. The second-order valence-electron chi connectivity index (χ2n) is 9.94. The zero-order chi connectivity index (χ0) is 31.8. The Morgan fingerprint density at radius 1 is 1.12 bits per heavy atom. The summed E-state index contributed by atoms with van der Waals surface area (Å²) in [6.45, 7) is 8.75. The Labute approximate surface area is 251 Å². The van der Waals surface area contributed by atoms with E-state index in [2.05, 4.69) is 34.4 Å². The molecule has 0 saturated heterocycles. The average Bonchev–Trinajstić information content (AvgIpc) is 3.82. The number of allylic oxidation sites excluding steroid dienone is 2. The molecule has 1 heterocycles. The van der Waals surface area contributed by atoms with Crippen LogP contribution in [0.3, 0.4) is 0 Å². The van der Waals surface area contributed by atoms with Crippen LogP contribution in [0.4, 0.5) is 28.9 Å². The van der Waals surface area contributed by atoms with E-state index in [0.29, 0.717) is 18.2 Å². The zero-order valence-electron chi connectivity index (χ0n) is 24.8. The van der Waals surface area contributed by atoms with Crippen LogP contribution in [0.15, 0.2) is 91.3 Å². The Morgan fingerprint density at radius 2 is 1.81 bits per heavy atom. The number of rotatable bonds is 11. The number of halogens is 4. The maximum atomic E-state index is 14.7. The van der Waals surface area contributed by atoms with Crippen LogP contribution < -0.4 is 21.7 Å². The largest absolute Gasteiger partial charge is 0.386 e. The van der Waals surface area contributed by atoms with E-state index in [4.69, 9.17) is 5.73 Å². The van der Waals surface area contributed by atoms with E-state index in [-0.39, 0.29) is 18.7 Å². The van der Waals surface area contributed by atoms with Gasteiger partial charge in [0.2, 0.25) is 0 Å². The fraction of sp³-hybridized carbons (Fsp3) is 0.333. The fourth-order valence-electron chi connectivity index (χ4n) is 3.75. The molecule has 5 N–H and O–H groups in total. The first-order valence-corrected chi connectivity index (χ1v) is 14.1. The molecule has 0 aliphatic heterocycles. The van der Waals surface area contributed by atoms with Gasteiger partial charge in [-0.3, -0.25) is 9.78 Å². The third kappa shape index (κ3) is 13.7. The predicted molar refractivity (Wildman–Crippen MR) is 166 cm³/mol. The first kappa shape index (κ1) is 35.2. The fourth-order valence-corrected chi connectivity index (χ4v) is 3.75. The topological polar surface area (TPSA) is 92.1 Å². The van der Waals surface area contributed by atoms with Gasteiger partial charge >= 0.3 is 6.18 Å². The maximum absolute atomic E-state index is 14.7. The van der Waals surface area contributed by atoms with Crippen molar-refractivity contribution in [2.75, 3.05) is 17.2 Å². The molecular weight excluding hydrogens is 558 g/mol. The van der Waals surface area contributed by atoms with Crippen molar-refractivity contribution >= 4 is 17.3 Å². The van der Waals surface area contributed by atoms with E-state index in [0.717, 1.165) is 35.5 Å². The molecule has 1 atom stereocenters. The number of nitrogens with two attached hydrogens (primary N) is 1. The molecule has 1 unspecified atom stereocenters. The van der Waals surface area contributed by atoms with Crippen LogP contribution in [-0.4, -0.2) is 23.6 Å². The monoisotopic (exact) mass is 599 g/mol. The van der Waals surface area contributed by atoms with Gasteiger partial charge in [-0.1, -0.05) is 43.3 Å². The van der Waals surface area contributed by atoms with E-state index in [1.54, 1.807) is 31.3 Å². The van der Waals surface area contributed by atoms with Gasteiger partial charge in [-0.2, -0.15) is 13.2 Å². The van der Waals surface area contributed by atoms with Crippen molar-refractivity contribution in [3.8, 4) is 0 Å². The Kier molecular flexibility index (Phi) is 14.6. The summed E-state index contributed by atoms with van der Waals surface area (Å²) < 4.78 is 45.8. The van der Waals surface area contributed by atoms with Gasteiger partial charge in [-0.05, 0) is 86.2 Å². The molecule has 1 aliphatic rings. The molecule has 4 rings (SSSR count). The van der Waals surface area contributed by atoms with Crippen molar-refractivity contribution in [2.45, 2.75) is 58.8 Å². The van der Waals surface area contributed by atoms with Crippen molar-refractivity contribution in [3.63, 3.8) is 0 Å². The van der Waals surface area contributed by atoms with Crippen molar-refractivity contribution in [2.24, 2.45) is 11.7 Å². The van der Waals surface area contributed by atoms with Crippen LogP contribution in [0.5, 0.6) is 0 Å². The van der Waals surface area contributed by atoms with E-state index in [9.17, 15) is 22.4 Å². The number of benzene rings is 2. The van der Waals surface area contributed by atoms with E-state index in [1.165, 1.54) is 18.9 Å². The number of amides is 1. The first-order valence-electron chi connectivity index (χ1n) is 14.1. The molecule has 1 aromatic heterocycles. The highest BCUT2D eigenvalue weighted by Crippen LogP contribution is 2.31. The molecule has 0 radical (unpaired) electrons. The number of nitrogens with zero attached hydrogens (tertiary/aromatic N) is 1. The summed E-state index contributed by atoms with van der Waals surface area (Å²) in [6.07, 6.45) is 4.80. The summed E-state index contributed by atoms with van der Waals surface area (Å²) in [7, 11) is 0. The molecule has 1 saturated carbocycles. The number of carbonyl (C=O) groups is 1. The Balaban J connectivity index is 0.000000630. The molecule has 0 bridgehead atoms. The molecule has 6 nitrogen and oxygen atoms in total. The molecule has 1 fully saturated rings. The van der Waals surface area contributed by atoms with Crippen molar-refractivity contribution in [1.29, 1.82) is 0 Å². The maximum Gasteiger partial charge on any atom is 0.386 e. The van der Waals surface area contributed by atoms with Gasteiger partial charge in [0.1, 0.15) is 11.5 Å². The third-order valence-electron chi connectivity index (χ3n) is 6.13. The Hall–Kier alpha value is -4.02. The van der Waals surface area contributed by atoms with Gasteiger partial charge in [0.15, 0.2) is 0 Å². The number of hydrogen-bond donors (Lipinski definition) is 4. The summed E-state index contributed by atoms with van der Waals surface area (Å²) in [6, 6.07) is 17.8. The van der Waals surface area contributed by atoms with Gasteiger partial charge in [0.25, 0.3) is 5.91 Å². The molecule has 232 valence electrons. The van der Waals surface area contributed by atoms with Gasteiger partial charge in [0.05, 0.1) is 17.4 Å². The van der Waals surface area contributed by atoms with Crippen LogP contribution in [0.2, 0.25) is 0 Å². The molecule has 3 aromatic rings. The molecule has 43 heavy (non-hydrogen) atoms. The zero-order valence-corrected chi connectivity index (χ0v) is 24.8. The van der Waals surface area contributed by atoms with Gasteiger partial charge < -0.3 is 21.7 Å². The normalized spacial score (nSPS) is 13.4. The van der Waals surface area contributed by atoms with E-state index < -0.39 is 17.9 Å². The van der Waals surface area contributed by atoms with Gasteiger partial charge in [0, 0.05) is 25.4 Å². The average molecular weight is 600 g/mol. The number of pyridine rings is 1. The quantitative estimate of drug-likeness (QED) is 0.102. The van der Waals surface area contributed by atoms with Crippen molar-refractivity contribution in [3.05, 3.63) is 114 Å². The smallest absolute Gasteiger partial charge is 0.351 e. The lowest BCUT2D eigenvalue weighted by molar-refractivity contribution is -0.113. The summed E-state index contributed by atoms with van der Waals surface area (Å²) >= 11 is 0. The minimum Gasteiger partial charge on any atom is -0.351 e. The summed E-state index contributed by atoms with van der Waals surface area (Å²) in [5.74, 6) is -0.261. The highest BCUT2D eigenvalue weighted by molar-refractivity contribution is 6.05. The number of aromatic nitrogens is 1. The second kappa shape index (κ2) is 17.8. The summed E-state index contributed by atoms with van der Waals surface area (Å²) in [5, 5.41) is 9.37. The minimum atomic E-state index is -4.00. The van der Waals surface area contributed by atoms with Crippen LogP contribution >= 0.6 is 0 Å². The van der Waals surface area contributed by atoms with Crippen LogP contribution in [0, 0.1) is 11.7 Å². The van der Waals surface area contributed by atoms with Crippen LogP contribution in [0.1, 0.15) is 62.9 Å². The predicted octanol–water partition coefficient (Wildman–Crippen LogP) is 7.87. The third-order valence-corrected chi connectivity index (χ3v) is 6.13. The van der Waals surface area contributed by atoms with Gasteiger partial charge in [-0.15, -0.1) is 6.58 Å². The number of carbonyl (C=O) groups excluding carboxylic acids is 1. The first-order chi connectivity index (χ1) is 20.5. The lowest BCUT2D eigenvalue weighted by atomic mass is 10.0. The number of alkyl halides is 3. The number of anilines is 2. The van der Waals surface area contributed by atoms with E-state index >= 15 is 0 Å². The molecule has 1 aliphatic carbocycles. The molecule has 0 spiro atoms. The number of hydrogen-bond acceptors (Lipinski definition) is 5.